The molecule has 0 amide bonds. The topological polar surface area (TPSA) is 72.0 Å². The molecule has 1 heterocycles. The SMILES string of the molecule is CCc1c(C)nc(S[C@H](C)C(=O)OC)[nH]c1=O. The molecule has 0 aliphatic carbocycles. The molecule has 1 atom stereocenters. The molecule has 1 N–H and O–H groups in total. The lowest BCUT2D eigenvalue weighted by Gasteiger charge is -2.09. The highest BCUT2D eigenvalue weighted by molar-refractivity contribution is 8.00. The van der Waals surface area contributed by atoms with E-state index in [1.807, 2.05) is 6.92 Å². The predicted octanol–water partition coefficient (Wildman–Crippen LogP) is 1.29. The molecule has 0 fully saturated rings. The zero-order valence-corrected chi connectivity index (χ0v) is 11.2. The van der Waals surface area contributed by atoms with Crippen molar-refractivity contribution in [1.82, 2.24) is 9.97 Å². The Kier molecular flexibility index (Phi) is 4.74. The van der Waals surface area contributed by atoms with Gasteiger partial charge in [0.2, 0.25) is 0 Å². The van der Waals surface area contributed by atoms with Crippen molar-refractivity contribution in [2.24, 2.45) is 0 Å². The minimum absolute atomic E-state index is 0.139. The fourth-order valence-corrected chi connectivity index (χ4v) is 2.31. The fraction of sp³-hybridized carbons (Fsp3) is 0.545. The number of carbonyl (C=O) groups excluding carboxylic acids is 1. The molecule has 17 heavy (non-hydrogen) atoms. The number of H-pyrrole nitrogens is 1. The zero-order chi connectivity index (χ0) is 13.0. The third-order valence-electron chi connectivity index (χ3n) is 2.38. The third-order valence-corrected chi connectivity index (χ3v) is 3.34. The van der Waals surface area contributed by atoms with Crippen molar-refractivity contribution in [3.8, 4) is 0 Å². The number of carbonyl (C=O) groups is 1. The first-order chi connectivity index (χ1) is 7.99. The van der Waals surface area contributed by atoms with Crippen LogP contribution < -0.4 is 5.56 Å². The van der Waals surface area contributed by atoms with Crippen LogP contribution in [0.5, 0.6) is 0 Å². The summed E-state index contributed by atoms with van der Waals surface area (Å²) in [6, 6.07) is 0. The zero-order valence-electron chi connectivity index (χ0n) is 10.4. The maximum Gasteiger partial charge on any atom is 0.318 e. The van der Waals surface area contributed by atoms with Gasteiger partial charge in [-0.1, -0.05) is 18.7 Å². The van der Waals surface area contributed by atoms with E-state index < -0.39 is 5.25 Å². The van der Waals surface area contributed by atoms with Crippen molar-refractivity contribution in [3.05, 3.63) is 21.6 Å². The predicted molar refractivity (Wildman–Crippen MR) is 66.3 cm³/mol. The van der Waals surface area contributed by atoms with Gasteiger partial charge in [0.05, 0.1) is 7.11 Å². The second kappa shape index (κ2) is 5.86. The molecule has 1 aromatic rings. The highest BCUT2D eigenvalue weighted by Gasteiger charge is 2.17. The van der Waals surface area contributed by atoms with Crippen LogP contribution in [0.25, 0.3) is 0 Å². The number of rotatable bonds is 4. The van der Waals surface area contributed by atoms with E-state index in [1.165, 1.54) is 18.9 Å². The fourth-order valence-electron chi connectivity index (χ4n) is 1.44. The molecule has 0 bridgehead atoms. The maximum atomic E-state index is 11.7. The molecule has 0 saturated heterocycles. The molecule has 0 spiro atoms. The van der Waals surface area contributed by atoms with Crippen LogP contribution in [-0.2, 0) is 16.0 Å². The summed E-state index contributed by atoms with van der Waals surface area (Å²) >= 11 is 1.18. The summed E-state index contributed by atoms with van der Waals surface area (Å²) in [6.07, 6.45) is 0.645. The Morgan fingerprint density at radius 1 is 1.59 bits per heavy atom. The molecule has 1 rings (SSSR count). The van der Waals surface area contributed by atoms with Gasteiger partial charge < -0.3 is 9.72 Å². The second-order valence-corrected chi connectivity index (χ2v) is 4.90. The highest BCUT2D eigenvalue weighted by Crippen LogP contribution is 2.19. The standard InChI is InChI=1S/C11H16N2O3S/c1-5-8-6(2)12-11(13-9(8)14)17-7(3)10(15)16-4/h7H,5H2,1-4H3,(H,12,13,14)/t7-/m1/s1. The first-order valence-corrected chi connectivity index (χ1v) is 6.21. The summed E-state index contributed by atoms with van der Waals surface area (Å²) < 4.78 is 4.61. The summed E-state index contributed by atoms with van der Waals surface area (Å²) in [6.45, 7) is 5.41. The number of nitrogens with zero attached hydrogens (tertiary/aromatic N) is 1. The largest absolute Gasteiger partial charge is 0.468 e. The second-order valence-electron chi connectivity index (χ2n) is 3.57. The summed E-state index contributed by atoms with van der Waals surface area (Å²) in [5, 5.41) is 0.0534. The molecule has 1 aromatic heterocycles. The van der Waals surface area contributed by atoms with Crippen molar-refractivity contribution < 1.29 is 9.53 Å². The molecule has 0 saturated carbocycles. The van der Waals surface area contributed by atoms with Crippen LogP contribution in [0.2, 0.25) is 0 Å². The lowest BCUT2D eigenvalue weighted by molar-refractivity contribution is -0.139. The first-order valence-electron chi connectivity index (χ1n) is 5.33. The Labute approximate surface area is 104 Å². The number of aromatic amines is 1. The van der Waals surface area contributed by atoms with E-state index in [0.717, 1.165) is 0 Å². The summed E-state index contributed by atoms with van der Waals surface area (Å²) in [5.41, 5.74) is 1.25. The molecule has 5 nitrogen and oxygen atoms in total. The summed E-state index contributed by atoms with van der Waals surface area (Å²) in [7, 11) is 1.33. The van der Waals surface area contributed by atoms with E-state index in [9.17, 15) is 9.59 Å². The highest BCUT2D eigenvalue weighted by atomic mass is 32.2. The Morgan fingerprint density at radius 3 is 2.71 bits per heavy atom. The Balaban J connectivity index is 2.94. The monoisotopic (exact) mass is 256 g/mol. The number of ether oxygens (including phenoxy) is 1. The van der Waals surface area contributed by atoms with E-state index in [-0.39, 0.29) is 11.5 Å². The summed E-state index contributed by atoms with van der Waals surface area (Å²) in [5.74, 6) is -0.338. The van der Waals surface area contributed by atoms with E-state index in [0.29, 0.717) is 22.8 Å². The van der Waals surface area contributed by atoms with Crippen LogP contribution in [0.1, 0.15) is 25.1 Å². The van der Waals surface area contributed by atoms with Crippen LogP contribution in [0.4, 0.5) is 0 Å². The van der Waals surface area contributed by atoms with Crippen molar-refractivity contribution in [2.75, 3.05) is 7.11 Å². The summed E-state index contributed by atoms with van der Waals surface area (Å²) in [4.78, 5) is 29.9. The first kappa shape index (κ1) is 13.8. The average Bonchev–Trinajstić information content (AvgIpc) is 2.27. The molecular formula is C11H16N2O3S. The smallest absolute Gasteiger partial charge is 0.318 e. The molecular weight excluding hydrogens is 240 g/mol. The van der Waals surface area contributed by atoms with Gasteiger partial charge in [0.15, 0.2) is 5.16 Å². The Bertz CT molecular complexity index is 470. The number of hydrogen-bond donors (Lipinski definition) is 1. The quantitative estimate of drug-likeness (QED) is 0.499. The molecule has 0 aliphatic rings. The van der Waals surface area contributed by atoms with E-state index in [1.54, 1.807) is 13.8 Å². The lowest BCUT2D eigenvalue weighted by atomic mass is 10.2. The van der Waals surface area contributed by atoms with Gasteiger partial charge in [-0.25, -0.2) is 4.98 Å². The Hall–Kier alpha value is -1.30. The molecule has 0 aromatic carbocycles. The molecule has 6 heteroatoms. The number of nitrogens with one attached hydrogen (secondary N) is 1. The number of aromatic nitrogens is 2. The van der Waals surface area contributed by atoms with Gasteiger partial charge >= 0.3 is 5.97 Å². The van der Waals surface area contributed by atoms with Crippen LogP contribution >= 0.6 is 11.8 Å². The number of hydrogen-bond acceptors (Lipinski definition) is 5. The number of esters is 1. The normalized spacial score (nSPS) is 12.2. The van der Waals surface area contributed by atoms with Gasteiger partial charge in [-0.2, -0.15) is 0 Å². The average molecular weight is 256 g/mol. The number of thioether (sulfide) groups is 1. The van der Waals surface area contributed by atoms with Crippen molar-refractivity contribution in [2.45, 2.75) is 37.6 Å². The van der Waals surface area contributed by atoms with Crippen molar-refractivity contribution in [1.29, 1.82) is 0 Å². The van der Waals surface area contributed by atoms with Crippen molar-refractivity contribution in [3.63, 3.8) is 0 Å². The van der Waals surface area contributed by atoms with Gasteiger partial charge in [-0.05, 0) is 20.3 Å². The number of methoxy groups -OCH3 is 1. The molecule has 0 radical (unpaired) electrons. The van der Waals surface area contributed by atoms with Crippen LogP contribution in [0, 0.1) is 6.92 Å². The minimum Gasteiger partial charge on any atom is -0.468 e. The van der Waals surface area contributed by atoms with E-state index >= 15 is 0 Å². The Morgan fingerprint density at radius 2 is 2.24 bits per heavy atom. The molecule has 0 unspecified atom stereocenters. The van der Waals surface area contributed by atoms with Gasteiger partial charge in [0, 0.05) is 11.3 Å². The van der Waals surface area contributed by atoms with E-state index in [4.69, 9.17) is 0 Å². The molecule has 0 aliphatic heterocycles. The molecule has 94 valence electrons. The van der Waals surface area contributed by atoms with Gasteiger partial charge in [0.1, 0.15) is 5.25 Å². The van der Waals surface area contributed by atoms with Gasteiger partial charge in [0.25, 0.3) is 5.56 Å². The van der Waals surface area contributed by atoms with E-state index in [2.05, 4.69) is 14.7 Å². The van der Waals surface area contributed by atoms with Crippen molar-refractivity contribution >= 4 is 17.7 Å². The minimum atomic E-state index is -0.393. The van der Waals surface area contributed by atoms with Gasteiger partial charge in [-0.3, -0.25) is 9.59 Å². The third kappa shape index (κ3) is 3.33. The van der Waals surface area contributed by atoms with Crippen LogP contribution in [0.3, 0.4) is 0 Å². The maximum absolute atomic E-state index is 11.7. The van der Waals surface area contributed by atoms with Crippen LogP contribution in [-0.4, -0.2) is 28.3 Å². The van der Waals surface area contributed by atoms with Crippen LogP contribution in [0.15, 0.2) is 9.95 Å². The van der Waals surface area contributed by atoms with Gasteiger partial charge in [-0.15, -0.1) is 0 Å². The number of aryl methyl sites for hydroxylation is 1. The lowest BCUT2D eigenvalue weighted by Crippen LogP contribution is -2.19.